The van der Waals surface area contributed by atoms with E-state index >= 15 is 0 Å². The number of aryl methyl sites for hydroxylation is 1. The molecule has 2 aromatic heterocycles. The number of esters is 1. The van der Waals surface area contributed by atoms with Crippen LogP contribution >= 0.6 is 11.6 Å². The maximum absolute atomic E-state index is 12.5. The fourth-order valence-electron chi connectivity index (χ4n) is 2.41. The molecule has 0 spiro atoms. The molecule has 134 valence electrons. The summed E-state index contributed by atoms with van der Waals surface area (Å²) in [7, 11) is 1.72. The van der Waals surface area contributed by atoms with Gasteiger partial charge in [0.1, 0.15) is 11.4 Å². The Bertz CT molecular complexity index is 917. The van der Waals surface area contributed by atoms with E-state index in [1.807, 2.05) is 12.1 Å². The lowest BCUT2D eigenvalue weighted by Gasteiger charge is -2.14. The van der Waals surface area contributed by atoms with Crippen molar-refractivity contribution in [2.24, 2.45) is 7.05 Å². The van der Waals surface area contributed by atoms with E-state index in [0.717, 1.165) is 0 Å². The minimum absolute atomic E-state index is 0.273. The van der Waals surface area contributed by atoms with Gasteiger partial charge in [0.15, 0.2) is 6.10 Å². The Labute approximate surface area is 155 Å². The first-order valence-corrected chi connectivity index (χ1v) is 8.26. The summed E-state index contributed by atoms with van der Waals surface area (Å²) in [6.07, 6.45) is 4.03. The molecule has 2 heterocycles. The number of amides is 1. The number of ether oxygens (including phenoxy) is 1. The first kappa shape index (κ1) is 17.8. The van der Waals surface area contributed by atoms with Crippen LogP contribution < -0.4 is 5.32 Å². The Morgan fingerprint density at radius 1 is 1.19 bits per heavy atom. The van der Waals surface area contributed by atoms with Crippen LogP contribution in [-0.2, 0) is 16.6 Å². The molecule has 0 saturated carbocycles. The van der Waals surface area contributed by atoms with Gasteiger partial charge in [-0.15, -0.1) is 0 Å². The largest absolute Gasteiger partial charge is 0.449 e. The molecule has 8 heteroatoms. The van der Waals surface area contributed by atoms with Gasteiger partial charge in [0.05, 0.1) is 6.20 Å². The molecule has 0 bridgehead atoms. The predicted molar refractivity (Wildman–Crippen MR) is 97.5 cm³/mol. The fraction of sp³-hybridized carbons (Fsp3) is 0.167. The van der Waals surface area contributed by atoms with Crippen LogP contribution in [0.5, 0.6) is 0 Å². The fourth-order valence-corrected chi connectivity index (χ4v) is 2.54. The number of benzene rings is 1. The van der Waals surface area contributed by atoms with Crippen LogP contribution in [0.3, 0.4) is 0 Å². The molecule has 1 amide bonds. The van der Waals surface area contributed by atoms with Crippen LogP contribution in [0.1, 0.15) is 17.3 Å². The Morgan fingerprint density at radius 2 is 1.85 bits per heavy atom. The van der Waals surface area contributed by atoms with Crippen LogP contribution in [0.2, 0.25) is 5.02 Å². The second-order valence-electron chi connectivity index (χ2n) is 5.64. The zero-order valence-corrected chi connectivity index (χ0v) is 15.0. The molecular weight excluding hydrogens is 356 g/mol. The van der Waals surface area contributed by atoms with Gasteiger partial charge in [0.25, 0.3) is 5.91 Å². The van der Waals surface area contributed by atoms with Crippen molar-refractivity contribution < 1.29 is 14.3 Å². The highest BCUT2D eigenvalue weighted by Gasteiger charge is 2.23. The molecule has 0 fully saturated rings. The summed E-state index contributed by atoms with van der Waals surface area (Å²) in [4.78, 5) is 24.7. The van der Waals surface area contributed by atoms with Gasteiger partial charge in [-0.3, -0.25) is 9.48 Å². The molecule has 7 nitrogen and oxygen atoms in total. The lowest BCUT2D eigenvalue weighted by Crippen LogP contribution is -2.30. The molecule has 1 atom stereocenters. The second-order valence-corrected chi connectivity index (χ2v) is 6.08. The molecule has 3 aromatic rings. The number of carbonyl (C=O) groups is 2. The third kappa shape index (κ3) is 3.78. The average Bonchev–Trinajstić information content (AvgIpc) is 3.25. The summed E-state index contributed by atoms with van der Waals surface area (Å²) in [6, 6.07) is 10.3. The van der Waals surface area contributed by atoms with Gasteiger partial charge in [0.2, 0.25) is 0 Å². The van der Waals surface area contributed by atoms with Crippen molar-refractivity contribution in [2.45, 2.75) is 13.0 Å². The molecule has 0 unspecified atom stereocenters. The van der Waals surface area contributed by atoms with Gasteiger partial charge >= 0.3 is 5.97 Å². The number of nitrogens with one attached hydrogen (secondary N) is 1. The van der Waals surface area contributed by atoms with Crippen molar-refractivity contribution >= 4 is 29.2 Å². The van der Waals surface area contributed by atoms with E-state index in [0.29, 0.717) is 16.5 Å². The highest BCUT2D eigenvalue weighted by Crippen LogP contribution is 2.17. The normalized spacial score (nSPS) is 11.8. The molecule has 0 aliphatic carbocycles. The van der Waals surface area contributed by atoms with Crippen LogP contribution in [0.15, 0.2) is 55.0 Å². The summed E-state index contributed by atoms with van der Waals surface area (Å²) in [5, 5.41) is 7.34. The van der Waals surface area contributed by atoms with E-state index < -0.39 is 18.0 Å². The first-order valence-electron chi connectivity index (χ1n) is 7.88. The number of rotatable bonds is 5. The van der Waals surface area contributed by atoms with Crippen molar-refractivity contribution in [3.63, 3.8) is 0 Å². The third-order valence-electron chi connectivity index (χ3n) is 3.74. The smallest absolute Gasteiger partial charge is 0.344 e. The van der Waals surface area contributed by atoms with Crippen molar-refractivity contribution in [1.29, 1.82) is 0 Å². The number of aromatic nitrogens is 3. The van der Waals surface area contributed by atoms with Gasteiger partial charge < -0.3 is 14.6 Å². The molecule has 1 aromatic carbocycles. The molecule has 3 rings (SSSR count). The van der Waals surface area contributed by atoms with Gasteiger partial charge in [-0.2, -0.15) is 5.10 Å². The van der Waals surface area contributed by atoms with Crippen LogP contribution in [0.25, 0.3) is 5.82 Å². The molecule has 26 heavy (non-hydrogen) atoms. The van der Waals surface area contributed by atoms with Gasteiger partial charge in [-0.25, -0.2) is 4.79 Å². The molecular formula is C18H17ClN4O3. The van der Waals surface area contributed by atoms with E-state index in [4.69, 9.17) is 16.3 Å². The number of carbonyl (C=O) groups excluding carboxylic acids is 2. The number of halogens is 1. The predicted octanol–water partition coefficient (Wildman–Crippen LogP) is 3.05. The van der Waals surface area contributed by atoms with E-state index in [1.54, 1.807) is 53.0 Å². The van der Waals surface area contributed by atoms with E-state index in [9.17, 15) is 9.59 Å². The highest BCUT2D eigenvalue weighted by atomic mass is 35.5. The molecule has 0 aliphatic rings. The number of anilines is 1. The molecule has 0 saturated heterocycles. The summed E-state index contributed by atoms with van der Waals surface area (Å²) >= 11 is 5.81. The summed E-state index contributed by atoms with van der Waals surface area (Å²) in [5.41, 5.74) is 0.839. The lowest BCUT2D eigenvalue weighted by atomic mass is 10.3. The van der Waals surface area contributed by atoms with E-state index in [2.05, 4.69) is 10.4 Å². The summed E-state index contributed by atoms with van der Waals surface area (Å²) in [6.45, 7) is 1.51. The summed E-state index contributed by atoms with van der Waals surface area (Å²) in [5.74, 6) is -0.502. The number of nitrogens with zero attached hydrogens (tertiary/aromatic N) is 3. The minimum Gasteiger partial charge on any atom is -0.449 e. The lowest BCUT2D eigenvalue weighted by molar-refractivity contribution is -0.123. The standard InChI is InChI=1S/C18H17ClN4O3/c1-12(16(24)21-14-7-5-13(19)6-8-14)26-18(25)15-11-20-22(2)17(15)23-9-3-4-10-23/h3-12H,1-2H3,(H,21,24)/t12-/m0/s1. The Kier molecular flexibility index (Phi) is 5.09. The topological polar surface area (TPSA) is 78.2 Å². The van der Waals surface area contributed by atoms with Crippen molar-refractivity contribution in [3.8, 4) is 5.82 Å². The maximum Gasteiger partial charge on any atom is 0.344 e. The average molecular weight is 373 g/mol. The van der Waals surface area contributed by atoms with Gasteiger partial charge in [0, 0.05) is 30.2 Å². The zero-order valence-electron chi connectivity index (χ0n) is 14.2. The molecule has 0 aliphatic heterocycles. The third-order valence-corrected chi connectivity index (χ3v) is 3.99. The van der Waals surface area contributed by atoms with Gasteiger partial charge in [-0.1, -0.05) is 11.6 Å². The summed E-state index contributed by atoms with van der Waals surface area (Å²) < 4.78 is 8.62. The van der Waals surface area contributed by atoms with Crippen molar-refractivity contribution in [2.75, 3.05) is 5.32 Å². The number of hydrogen-bond acceptors (Lipinski definition) is 4. The SMILES string of the molecule is C[C@H](OC(=O)c1cnn(C)c1-n1cccc1)C(=O)Nc1ccc(Cl)cc1. The van der Waals surface area contributed by atoms with Crippen LogP contribution in [-0.4, -0.2) is 32.3 Å². The van der Waals surface area contributed by atoms with Crippen LogP contribution in [0.4, 0.5) is 5.69 Å². The maximum atomic E-state index is 12.5. The first-order chi connectivity index (χ1) is 12.5. The molecule has 0 radical (unpaired) electrons. The van der Waals surface area contributed by atoms with E-state index in [-0.39, 0.29) is 5.56 Å². The molecule has 1 N–H and O–H groups in total. The monoisotopic (exact) mass is 372 g/mol. The Balaban J connectivity index is 1.70. The quantitative estimate of drug-likeness (QED) is 0.698. The second kappa shape index (κ2) is 7.45. The Hall–Kier alpha value is -3.06. The van der Waals surface area contributed by atoms with Crippen LogP contribution in [0, 0.1) is 0 Å². The zero-order chi connectivity index (χ0) is 18.7. The highest BCUT2D eigenvalue weighted by molar-refractivity contribution is 6.30. The minimum atomic E-state index is -0.976. The number of hydrogen-bond donors (Lipinski definition) is 1. The Morgan fingerprint density at radius 3 is 2.50 bits per heavy atom. The van der Waals surface area contributed by atoms with Crippen molar-refractivity contribution in [1.82, 2.24) is 14.3 Å². The van der Waals surface area contributed by atoms with Crippen molar-refractivity contribution in [3.05, 3.63) is 65.6 Å². The van der Waals surface area contributed by atoms with E-state index in [1.165, 1.54) is 13.1 Å². The van der Waals surface area contributed by atoms with Gasteiger partial charge in [-0.05, 0) is 43.3 Å².